The number of fused-ring (bicyclic) bond motifs is 1. The van der Waals surface area contributed by atoms with Crippen LogP contribution in [0, 0.1) is 6.92 Å². The maximum atomic E-state index is 9.91. The summed E-state index contributed by atoms with van der Waals surface area (Å²) in [6.07, 6.45) is -0.729. The van der Waals surface area contributed by atoms with Crippen molar-refractivity contribution in [3.8, 4) is 11.5 Å². The zero-order chi connectivity index (χ0) is 11.7. The van der Waals surface area contributed by atoms with E-state index < -0.39 is 6.10 Å². The highest BCUT2D eigenvalue weighted by atomic mass is 79.9. The third-order valence-corrected chi connectivity index (χ3v) is 3.46. The van der Waals surface area contributed by atoms with E-state index in [-0.39, 0.29) is 6.54 Å². The highest BCUT2D eigenvalue weighted by Gasteiger charge is 2.24. The highest BCUT2D eigenvalue weighted by Crippen LogP contribution is 2.42. The van der Waals surface area contributed by atoms with Crippen molar-refractivity contribution in [3.63, 3.8) is 0 Å². The van der Waals surface area contributed by atoms with Crippen LogP contribution in [-0.2, 0) is 0 Å². The lowest BCUT2D eigenvalue weighted by molar-refractivity contribution is 0.148. The van der Waals surface area contributed by atoms with E-state index in [0.717, 1.165) is 10.0 Å². The van der Waals surface area contributed by atoms with Gasteiger partial charge in [0.1, 0.15) is 13.2 Å². The van der Waals surface area contributed by atoms with Gasteiger partial charge in [-0.2, -0.15) is 0 Å². The van der Waals surface area contributed by atoms with Crippen LogP contribution in [-0.4, -0.2) is 24.9 Å². The molecule has 0 fully saturated rings. The molecule has 4 nitrogen and oxygen atoms in total. The summed E-state index contributed by atoms with van der Waals surface area (Å²) in [5.41, 5.74) is 7.14. The summed E-state index contributed by atoms with van der Waals surface area (Å²) in [5, 5.41) is 9.91. The molecule has 0 radical (unpaired) electrons. The van der Waals surface area contributed by atoms with Crippen molar-refractivity contribution >= 4 is 15.9 Å². The second-order valence-electron chi connectivity index (χ2n) is 3.67. The van der Waals surface area contributed by atoms with Crippen molar-refractivity contribution in [3.05, 3.63) is 21.7 Å². The predicted octanol–water partition coefficient (Wildman–Crippen LogP) is 1.52. The molecule has 1 aliphatic heterocycles. The summed E-state index contributed by atoms with van der Waals surface area (Å²) in [5.74, 6) is 1.27. The molecule has 1 aromatic rings. The number of nitrogens with two attached hydrogens (primary N) is 1. The van der Waals surface area contributed by atoms with Gasteiger partial charge in [0.25, 0.3) is 0 Å². The molecule has 88 valence electrons. The topological polar surface area (TPSA) is 64.7 Å². The molecule has 0 amide bonds. The van der Waals surface area contributed by atoms with Gasteiger partial charge < -0.3 is 20.3 Å². The Morgan fingerprint density at radius 1 is 1.50 bits per heavy atom. The second-order valence-corrected chi connectivity index (χ2v) is 4.53. The van der Waals surface area contributed by atoms with Gasteiger partial charge in [-0.25, -0.2) is 0 Å². The summed E-state index contributed by atoms with van der Waals surface area (Å²) in [6, 6.07) is 1.86. The lowest BCUT2D eigenvalue weighted by Gasteiger charge is -2.25. The lowest BCUT2D eigenvalue weighted by atomic mass is 10.0. The largest absolute Gasteiger partial charge is 0.486 e. The van der Waals surface area contributed by atoms with E-state index in [1.165, 1.54) is 0 Å². The van der Waals surface area contributed by atoms with Gasteiger partial charge in [0.15, 0.2) is 11.5 Å². The summed E-state index contributed by atoms with van der Waals surface area (Å²) in [7, 11) is 0. The number of hydrogen-bond acceptors (Lipinski definition) is 4. The first kappa shape index (κ1) is 11.7. The Morgan fingerprint density at radius 3 is 2.88 bits per heavy atom. The standard InChI is InChI=1S/C11H14BrNO3/c1-6-7(12)4-9-11(16-3-2-15-9)10(6)8(14)5-13/h4,8,14H,2-3,5,13H2,1H3. The molecule has 16 heavy (non-hydrogen) atoms. The highest BCUT2D eigenvalue weighted by molar-refractivity contribution is 9.10. The zero-order valence-electron chi connectivity index (χ0n) is 9.00. The Morgan fingerprint density at radius 2 is 2.19 bits per heavy atom. The number of ether oxygens (including phenoxy) is 2. The van der Waals surface area contributed by atoms with Crippen molar-refractivity contribution in [2.24, 2.45) is 5.73 Å². The van der Waals surface area contributed by atoms with Crippen molar-refractivity contribution in [1.82, 2.24) is 0 Å². The average molecular weight is 288 g/mol. The number of aliphatic hydroxyl groups is 1. The van der Waals surface area contributed by atoms with Crippen LogP contribution >= 0.6 is 15.9 Å². The summed E-state index contributed by atoms with van der Waals surface area (Å²) < 4.78 is 11.9. The molecule has 5 heteroatoms. The third-order valence-electron chi connectivity index (χ3n) is 2.63. The van der Waals surface area contributed by atoms with Gasteiger partial charge in [-0.15, -0.1) is 0 Å². The van der Waals surface area contributed by atoms with Gasteiger partial charge in [-0.05, 0) is 18.6 Å². The molecule has 1 aliphatic rings. The normalized spacial score (nSPS) is 16.0. The van der Waals surface area contributed by atoms with Gasteiger partial charge >= 0.3 is 0 Å². The van der Waals surface area contributed by atoms with Gasteiger partial charge in [-0.3, -0.25) is 0 Å². The van der Waals surface area contributed by atoms with Gasteiger partial charge in [0, 0.05) is 16.6 Å². The van der Waals surface area contributed by atoms with E-state index >= 15 is 0 Å². The number of rotatable bonds is 2. The van der Waals surface area contributed by atoms with Crippen molar-refractivity contribution in [2.45, 2.75) is 13.0 Å². The number of aliphatic hydroxyl groups excluding tert-OH is 1. The van der Waals surface area contributed by atoms with E-state index in [2.05, 4.69) is 15.9 Å². The number of benzene rings is 1. The van der Waals surface area contributed by atoms with E-state index in [9.17, 15) is 5.11 Å². The van der Waals surface area contributed by atoms with Crippen molar-refractivity contribution < 1.29 is 14.6 Å². The van der Waals surface area contributed by atoms with Gasteiger partial charge in [0.05, 0.1) is 6.10 Å². The van der Waals surface area contributed by atoms with E-state index in [1.807, 2.05) is 13.0 Å². The summed E-state index contributed by atoms with van der Waals surface area (Å²) in [4.78, 5) is 0. The van der Waals surface area contributed by atoms with Crippen LogP contribution in [0.15, 0.2) is 10.5 Å². The molecule has 0 aromatic heterocycles. The SMILES string of the molecule is Cc1c(Br)cc2c(c1C(O)CN)OCCO2. The molecule has 1 heterocycles. The lowest BCUT2D eigenvalue weighted by Crippen LogP contribution is -2.20. The second kappa shape index (κ2) is 4.61. The predicted molar refractivity (Wildman–Crippen MR) is 63.9 cm³/mol. The molecule has 2 rings (SSSR count). The molecular formula is C11H14BrNO3. The van der Waals surface area contributed by atoms with E-state index in [1.54, 1.807) is 0 Å². The summed E-state index contributed by atoms with van der Waals surface area (Å²) in [6.45, 7) is 3.10. The monoisotopic (exact) mass is 287 g/mol. The molecule has 1 atom stereocenters. The minimum Gasteiger partial charge on any atom is -0.486 e. The molecule has 1 unspecified atom stereocenters. The Kier molecular flexibility index (Phi) is 3.37. The fraction of sp³-hybridized carbons (Fsp3) is 0.455. The molecular weight excluding hydrogens is 274 g/mol. The maximum Gasteiger partial charge on any atom is 0.167 e. The first-order valence-corrected chi connectivity index (χ1v) is 5.91. The van der Waals surface area contributed by atoms with Crippen molar-refractivity contribution in [1.29, 1.82) is 0 Å². The minimum absolute atomic E-state index is 0.160. The Balaban J connectivity index is 2.59. The number of hydrogen-bond donors (Lipinski definition) is 2. The molecule has 1 aromatic carbocycles. The average Bonchev–Trinajstić information content (AvgIpc) is 2.30. The molecule has 0 aliphatic carbocycles. The number of halogens is 1. The zero-order valence-corrected chi connectivity index (χ0v) is 10.6. The quantitative estimate of drug-likeness (QED) is 0.866. The van der Waals surface area contributed by atoms with Crippen LogP contribution in [0.4, 0.5) is 0 Å². The first-order valence-electron chi connectivity index (χ1n) is 5.12. The molecule has 0 spiro atoms. The first-order chi connectivity index (χ1) is 7.65. The van der Waals surface area contributed by atoms with Crippen LogP contribution in [0.1, 0.15) is 17.2 Å². The Labute approximate surface area is 102 Å². The van der Waals surface area contributed by atoms with Crippen LogP contribution in [0.2, 0.25) is 0 Å². The van der Waals surface area contributed by atoms with Crippen LogP contribution in [0.5, 0.6) is 11.5 Å². The van der Waals surface area contributed by atoms with Crippen LogP contribution in [0.25, 0.3) is 0 Å². The minimum atomic E-state index is -0.729. The van der Waals surface area contributed by atoms with E-state index in [0.29, 0.717) is 30.3 Å². The molecule has 3 N–H and O–H groups in total. The molecule has 0 saturated heterocycles. The van der Waals surface area contributed by atoms with Gasteiger partial charge in [0.2, 0.25) is 0 Å². The molecule has 0 bridgehead atoms. The fourth-order valence-electron chi connectivity index (χ4n) is 1.79. The smallest absolute Gasteiger partial charge is 0.167 e. The molecule has 0 saturated carbocycles. The third kappa shape index (κ3) is 1.90. The van der Waals surface area contributed by atoms with Gasteiger partial charge in [-0.1, -0.05) is 15.9 Å². The Bertz CT molecular complexity index is 409. The van der Waals surface area contributed by atoms with Crippen LogP contribution < -0.4 is 15.2 Å². The van der Waals surface area contributed by atoms with E-state index in [4.69, 9.17) is 15.2 Å². The van der Waals surface area contributed by atoms with Crippen LogP contribution in [0.3, 0.4) is 0 Å². The fourth-order valence-corrected chi connectivity index (χ4v) is 2.21. The summed E-state index contributed by atoms with van der Waals surface area (Å²) >= 11 is 3.44. The Hall–Kier alpha value is -0.780. The maximum absolute atomic E-state index is 9.91. The van der Waals surface area contributed by atoms with Crippen molar-refractivity contribution in [2.75, 3.05) is 19.8 Å².